The van der Waals surface area contributed by atoms with E-state index in [1.807, 2.05) is 53.4 Å². The first-order valence-electron chi connectivity index (χ1n) is 9.01. The Kier molecular flexibility index (Phi) is 5.46. The number of carbonyl (C=O) groups excluding carboxylic acids is 1. The fourth-order valence-corrected chi connectivity index (χ4v) is 3.70. The maximum Gasteiger partial charge on any atom is 0.255 e. The minimum absolute atomic E-state index is 0.0367. The molecular weight excluding hydrogens is 395 g/mol. The van der Waals surface area contributed by atoms with E-state index in [1.165, 1.54) is 0 Å². The van der Waals surface area contributed by atoms with E-state index in [-0.39, 0.29) is 5.91 Å². The number of hydrogen-bond acceptors (Lipinski definition) is 4. The van der Waals surface area contributed by atoms with Crippen molar-refractivity contribution in [3.63, 3.8) is 0 Å². The number of carbonyl (C=O) groups is 1. The van der Waals surface area contributed by atoms with Gasteiger partial charge in [0.05, 0.1) is 21.3 Å². The highest BCUT2D eigenvalue weighted by atomic mass is 35.5. The number of nitrogens with zero attached hydrogens (tertiary/aromatic N) is 4. The van der Waals surface area contributed by atoms with Crippen molar-refractivity contribution in [1.29, 1.82) is 0 Å². The second-order valence-electron chi connectivity index (χ2n) is 6.52. The highest BCUT2D eigenvalue weighted by Gasteiger charge is 2.24. The highest BCUT2D eigenvalue weighted by Crippen LogP contribution is 2.26. The van der Waals surface area contributed by atoms with Crippen molar-refractivity contribution >= 4 is 34.9 Å². The van der Waals surface area contributed by atoms with Crippen molar-refractivity contribution < 1.29 is 4.79 Å². The lowest BCUT2D eigenvalue weighted by Gasteiger charge is -2.35. The van der Waals surface area contributed by atoms with Crippen molar-refractivity contribution in [3.05, 3.63) is 76.3 Å². The van der Waals surface area contributed by atoms with Gasteiger partial charge in [-0.3, -0.25) is 4.79 Å². The van der Waals surface area contributed by atoms with E-state index in [0.29, 0.717) is 41.8 Å². The number of halogens is 2. The first-order chi connectivity index (χ1) is 13.6. The molecule has 1 saturated heterocycles. The summed E-state index contributed by atoms with van der Waals surface area (Å²) in [7, 11) is 0. The van der Waals surface area contributed by atoms with Gasteiger partial charge in [-0.1, -0.05) is 53.5 Å². The Balaban J connectivity index is 1.42. The zero-order chi connectivity index (χ0) is 19.5. The lowest BCUT2D eigenvalue weighted by Crippen LogP contribution is -2.49. The van der Waals surface area contributed by atoms with Gasteiger partial charge in [-0.2, -0.15) is 0 Å². The number of benzene rings is 2. The molecule has 1 aliphatic heterocycles. The van der Waals surface area contributed by atoms with Gasteiger partial charge in [-0.25, -0.2) is 0 Å². The first kappa shape index (κ1) is 18.7. The molecule has 1 aromatic heterocycles. The zero-order valence-corrected chi connectivity index (χ0v) is 16.6. The third kappa shape index (κ3) is 3.81. The van der Waals surface area contributed by atoms with Gasteiger partial charge in [0.25, 0.3) is 5.91 Å². The minimum atomic E-state index is -0.0367. The van der Waals surface area contributed by atoms with Gasteiger partial charge in [-0.15, -0.1) is 10.2 Å². The molecule has 1 amide bonds. The summed E-state index contributed by atoms with van der Waals surface area (Å²) in [5.41, 5.74) is 2.14. The fourth-order valence-electron chi connectivity index (χ4n) is 3.25. The van der Waals surface area contributed by atoms with E-state index in [4.69, 9.17) is 23.2 Å². The molecule has 142 valence electrons. The van der Waals surface area contributed by atoms with Gasteiger partial charge in [0, 0.05) is 31.7 Å². The van der Waals surface area contributed by atoms with Gasteiger partial charge in [0.2, 0.25) is 0 Å². The smallest absolute Gasteiger partial charge is 0.255 e. The predicted octanol–water partition coefficient (Wildman–Crippen LogP) is 4.41. The molecule has 2 heterocycles. The average molecular weight is 413 g/mol. The van der Waals surface area contributed by atoms with Crippen LogP contribution in [-0.2, 0) is 0 Å². The van der Waals surface area contributed by atoms with Crippen molar-refractivity contribution in [2.75, 3.05) is 31.1 Å². The number of anilines is 1. The Morgan fingerprint density at radius 2 is 1.46 bits per heavy atom. The molecule has 4 rings (SSSR count). The highest BCUT2D eigenvalue weighted by molar-refractivity contribution is 6.34. The summed E-state index contributed by atoms with van der Waals surface area (Å²) in [6.45, 7) is 2.60. The van der Waals surface area contributed by atoms with Crippen LogP contribution in [0.25, 0.3) is 11.3 Å². The van der Waals surface area contributed by atoms with E-state index in [0.717, 1.165) is 17.1 Å². The Morgan fingerprint density at radius 3 is 2.11 bits per heavy atom. The molecule has 3 aromatic rings. The van der Waals surface area contributed by atoms with Crippen molar-refractivity contribution in [2.45, 2.75) is 0 Å². The van der Waals surface area contributed by atoms with Crippen LogP contribution in [0.15, 0.2) is 60.7 Å². The maximum atomic E-state index is 12.7. The fraction of sp³-hybridized carbons (Fsp3) is 0.190. The van der Waals surface area contributed by atoms with Crippen LogP contribution in [0, 0.1) is 0 Å². The second kappa shape index (κ2) is 8.17. The number of hydrogen-bond donors (Lipinski definition) is 0. The average Bonchev–Trinajstić information content (AvgIpc) is 2.74. The van der Waals surface area contributed by atoms with Crippen molar-refractivity contribution in [3.8, 4) is 11.3 Å². The standard InChI is InChI=1S/C21H18Cl2N4O/c22-17-7-3-1-5-15(17)19-9-10-20(25-24-19)26-11-13-27(14-12-26)21(28)16-6-2-4-8-18(16)23/h1-10H,11-14H2. The molecule has 0 aliphatic carbocycles. The lowest BCUT2D eigenvalue weighted by molar-refractivity contribution is 0.0746. The quantitative estimate of drug-likeness (QED) is 0.638. The predicted molar refractivity (Wildman–Crippen MR) is 112 cm³/mol. The topological polar surface area (TPSA) is 49.3 Å². The summed E-state index contributed by atoms with van der Waals surface area (Å²) >= 11 is 12.4. The first-order valence-corrected chi connectivity index (χ1v) is 9.76. The van der Waals surface area contributed by atoms with Gasteiger partial charge >= 0.3 is 0 Å². The van der Waals surface area contributed by atoms with E-state index >= 15 is 0 Å². The molecule has 2 aromatic carbocycles. The van der Waals surface area contributed by atoms with Crippen LogP contribution in [0.1, 0.15) is 10.4 Å². The summed E-state index contributed by atoms with van der Waals surface area (Å²) in [4.78, 5) is 16.6. The molecule has 5 nitrogen and oxygen atoms in total. The van der Waals surface area contributed by atoms with Gasteiger partial charge in [0.1, 0.15) is 0 Å². The molecule has 0 bridgehead atoms. The Bertz CT molecular complexity index is 986. The monoisotopic (exact) mass is 412 g/mol. The van der Waals surface area contributed by atoms with Crippen LogP contribution >= 0.6 is 23.2 Å². The summed E-state index contributed by atoms with van der Waals surface area (Å²) in [6, 6.07) is 18.6. The molecule has 0 unspecified atom stereocenters. The summed E-state index contributed by atoms with van der Waals surface area (Å²) < 4.78 is 0. The third-order valence-electron chi connectivity index (χ3n) is 4.80. The normalized spacial score (nSPS) is 14.2. The molecule has 28 heavy (non-hydrogen) atoms. The number of amides is 1. The summed E-state index contributed by atoms with van der Waals surface area (Å²) in [6.07, 6.45) is 0. The van der Waals surface area contributed by atoms with Crippen LogP contribution in [0.2, 0.25) is 10.0 Å². The second-order valence-corrected chi connectivity index (χ2v) is 7.33. The van der Waals surface area contributed by atoms with Crippen molar-refractivity contribution in [1.82, 2.24) is 15.1 Å². The molecule has 0 N–H and O–H groups in total. The lowest BCUT2D eigenvalue weighted by atomic mass is 10.1. The van der Waals surface area contributed by atoms with Crippen LogP contribution < -0.4 is 4.90 Å². The van der Waals surface area contributed by atoms with E-state index in [9.17, 15) is 4.79 Å². The molecule has 1 fully saturated rings. The van der Waals surface area contributed by atoms with E-state index < -0.39 is 0 Å². The Hall–Kier alpha value is -2.63. The third-order valence-corrected chi connectivity index (χ3v) is 5.45. The molecule has 0 saturated carbocycles. The summed E-state index contributed by atoms with van der Waals surface area (Å²) in [5.74, 6) is 0.756. The molecule has 0 spiro atoms. The minimum Gasteiger partial charge on any atom is -0.352 e. The Labute approximate surface area is 173 Å². The molecule has 7 heteroatoms. The number of aromatic nitrogens is 2. The zero-order valence-electron chi connectivity index (χ0n) is 15.1. The van der Waals surface area contributed by atoms with Crippen LogP contribution in [-0.4, -0.2) is 47.2 Å². The van der Waals surface area contributed by atoms with Crippen LogP contribution in [0.5, 0.6) is 0 Å². The van der Waals surface area contributed by atoms with Gasteiger partial charge in [0.15, 0.2) is 5.82 Å². The largest absolute Gasteiger partial charge is 0.352 e. The maximum absolute atomic E-state index is 12.7. The Morgan fingerprint density at radius 1 is 0.786 bits per heavy atom. The van der Waals surface area contributed by atoms with Crippen LogP contribution in [0.3, 0.4) is 0 Å². The van der Waals surface area contributed by atoms with Gasteiger partial charge in [-0.05, 0) is 30.3 Å². The SMILES string of the molecule is O=C(c1ccccc1Cl)N1CCN(c2ccc(-c3ccccc3Cl)nn2)CC1. The van der Waals surface area contributed by atoms with E-state index in [2.05, 4.69) is 15.1 Å². The molecular formula is C21H18Cl2N4O. The van der Waals surface area contributed by atoms with Crippen molar-refractivity contribution in [2.24, 2.45) is 0 Å². The molecule has 1 aliphatic rings. The molecule has 0 radical (unpaired) electrons. The van der Waals surface area contributed by atoms with Gasteiger partial charge < -0.3 is 9.80 Å². The summed E-state index contributed by atoms with van der Waals surface area (Å²) in [5, 5.41) is 9.81. The van der Waals surface area contributed by atoms with E-state index in [1.54, 1.807) is 12.1 Å². The number of piperazine rings is 1. The molecule has 0 atom stereocenters. The number of rotatable bonds is 3. The van der Waals surface area contributed by atoms with Crippen LogP contribution in [0.4, 0.5) is 5.82 Å².